The van der Waals surface area contributed by atoms with Gasteiger partial charge in [0.15, 0.2) is 0 Å². The van der Waals surface area contributed by atoms with Crippen molar-refractivity contribution in [1.29, 1.82) is 0 Å². The van der Waals surface area contributed by atoms with Gasteiger partial charge in [-0.25, -0.2) is 5.10 Å². The Bertz CT molecular complexity index is 475. The highest BCUT2D eigenvalue weighted by Gasteiger charge is 1.99. The first-order chi connectivity index (χ1) is 5.79. The lowest BCUT2D eigenvalue weighted by Crippen LogP contribution is -2.08. The average molecular weight is 161 g/mol. The zero-order chi connectivity index (χ0) is 8.55. The second-order valence-electron chi connectivity index (χ2n) is 2.56. The van der Waals surface area contributed by atoms with Crippen LogP contribution in [0.2, 0.25) is 0 Å². The maximum atomic E-state index is 11.2. The van der Waals surface area contributed by atoms with Gasteiger partial charge in [0.1, 0.15) is 0 Å². The summed E-state index contributed by atoms with van der Waals surface area (Å²) in [6.45, 7) is 1.85. The summed E-state index contributed by atoms with van der Waals surface area (Å²) in [5.74, 6) is 0. The van der Waals surface area contributed by atoms with Crippen LogP contribution in [-0.2, 0) is 0 Å². The van der Waals surface area contributed by atoms with Crippen molar-refractivity contribution < 1.29 is 0 Å². The average Bonchev–Trinajstić information content (AvgIpc) is 2.07. The van der Waals surface area contributed by atoms with Gasteiger partial charge >= 0.3 is 0 Å². The standard InChI is InChI=1S/C8H7N3O/c1-5-7-4-10-11-8(12)6(7)2-3-9-5/h2-4H,1H3,(H,11,12). The van der Waals surface area contributed by atoms with Crippen molar-refractivity contribution >= 4 is 10.8 Å². The van der Waals surface area contributed by atoms with Crippen molar-refractivity contribution in [2.24, 2.45) is 0 Å². The normalized spacial score (nSPS) is 10.4. The van der Waals surface area contributed by atoms with Crippen LogP contribution in [0.3, 0.4) is 0 Å². The van der Waals surface area contributed by atoms with Crippen molar-refractivity contribution in [3.63, 3.8) is 0 Å². The van der Waals surface area contributed by atoms with Crippen LogP contribution in [0, 0.1) is 6.92 Å². The Balaban J connectivity index is 3.05. The van der Waals surface area contributed by atoms with Gasteiger partial charge in [-0.2, -0.15) is 5.10 Å². The van der Waals surface area contributed by atoms with Gasteiger partial charge in [0, 0.05) is 17.3 Å². The quantitative estimate of drug-likeness (QED) is 0.616. The number of fused-ring (bicyclic) bond motifs is 1. The van der Waals surface area contributed by atoms with Gasteiger partial charge in [-0.3, -0.25) is 9.78 Å². The van der Waals surface area contributed by atoms with E-state index in [2.05, 4.69) is 15.2 Å². The van der Waals surface area contributed by atoms with Crippen molar-refractivity contribution in [2.45, 2.75) is 6.92 Å². The number of hydrogen-bond donors (Lipinski definition) is 1. The molecule has 0 aliphatic carbocycles. The van der Waals surface area contributed by atoms with Crippen LogP contribution in [0.4, 0.5) is 0 Å². The number of aromatic nitrogens is 3. The summed E-state index contributed by atoms with van der Waals surface area (Å²) < 4.78 is 0. The molecule has 0 spiro atoms. The Kier molecular flexibility index (Phi) is 1.40. The van der Waals surface area contributed by atoms with Crippen LogP contribution in [-0.4, -0.2) is 15.2 Å². The fourth-order valence-corrected chi connectivity index (χ4v) is 1.15. The second-order valence-corrected chi connectivity index (χ2v) is 2.56. The van der Waals surface area contributed by atoms with E-state index >= 15 is 0 Å². The number of rotatable bonds is 0. The Morgan fingerprint density at radius 3 is 3.00 bits per heavy atom. The van der Waals surface area contributed by atoms with Gasteiger partial charge in [0.05, 0.1) is 11.6 Å². The largest absolute Gasteiger partial charge is 0.272 e. The SMILES string of the molecule is Cc1nccc2c(=O)[nH]ncc12. The molecule has 0 amide bonds. The molecule has 0 saturated heterocycles. The van der Waals surface area contributed by atoms with Crippen LogP contribution in [0.1, 0.15) is 5.69 Å². The summed E-state index contributed by atoms with van der Waals surface area (Å²) in [5.41, 5.74) is 0.657. The number of nitrogens with one attached hydrogen (secondary N) is 1. The molecule has 0 aliphatic rings. The minimum atomic E-state index is -0.169. The maximum absolute atomic E-state index is 11.2. The predicted molar refractivity (Wildman–Crippen MR) is 44.9 cm³/mol. The van der Waals surface area contributed by atoms with Gasteiger partial charge in [0.25, 0.3) is 5.56 Å². The minimum Gasteiger partial charge on any atom is -0.267 e. The lowest BCUT2D eigenvalue weighted by Gasteiger charge is -1.96. The third kappa shape index (κ3) is 0.887. The summed E-state index contributed by atoms with van der Waals surface area (Å²) in [7, 11) is 0. The molecule has 0 saturated carbocycles. The molecule has 60 valence electrons. The third-order valence-electron chi connectivity index (χ3n) is 1.79. The molecule has 0 aromatic carbocycles. The number of nitrogens with zero attached hydrogens (tertiary/aromatic N) is 2. The molecule has 2 heterocycles. The predicted octanol–water partition coefficient (Wildman–Crippen LogP) is 0.627. The van der Waals surface area contributed by atoms with E-state index in [-0.39, 0.29) is 5.56 Å². The van der Waals surface area contributed by atoms with E-state index in [1.54, 1.807) is 18.5 Å². The van der Waals surface area contributed by atoms with Gasteiger partial charge in [-0.15, -0.1) is 0 Å². The van der Waals surface area contributed by atoms with E-state index in [4.69, 9.17) is 0 Å². The van der Waals surface area contributed by atoms with Crippen LogP contribution in [0.15, 0.2) is 23.3 Å². The van der Waals surface area contributed by atoms with Crippen LogP contribution in [0.5, 0.6) is 0 Å². The van der Waals surface area contributed by atoms with Gasteiger partial charge in [-0.05, 0) is 13.0 Å². The van der Waals surface area contributed by atoms with E-state index in [1.807, 2.05) is 6.92 Å². The fourth-order valence-electron chi connectivity index (χ4n) is 1.15. The number of aromatic amines is 1. The lowest BCUT2D eigenvalue weighted by atomic mass is 10.2. The van der Waals surface area contributed by atoms with Gasteiger partial charge in [-0.1, -0.05) is 0 Å². The first-order valence-electron chi connectivity index (χ1n) is 3.58. The highest BCUT2D eigenvalue weighted by Crippen LogP contribution is 2.08. The number of aryl methyl sites for hydroxylation is 1. The molecule has 2 aromatic heterocycles. The highest BCUT2D eigenvalue weighted by atomic mass is 16.1. The Hall–Kier alpha value is -1.71. The summed E-state index contributed by atoms with van der Waals surface area (Å²) in [6, 6.07) is 1.68. The minimum absolute atomic E-state index is 0.169. The first-order valence-corrected chi connectivity index (χ1v) is 3.58. The number of H-pyrrole nitrogens is 1. The van der Waals surface area contributed by atoms with E-state index in [0.29, 0.717) is 5.39 Å². The summed E-state index contributed by atoms with van der Waals surface area (Å²) in [4.78, 5) is 15.2. The Morgan fingerprint density at radius 1 is 1.42 bits per heavy atom. The monoisotopic (exact) mass is 161 g/mol. The topological polar surface area (TPSA) is 58.6 Å². The fraction of sp³-hybridized carbons (Fsp3) is 0.125. The van der Waals surface area contributed by atoms with Crippen LogP contribution < -0.4 is 5.56 Å². The third-order valence-corrected chi connectivity index (χ3v) is 1.79. The molecule has 1 N–H and O–H groups in total. The van der Waals surface area contributed by atoms with Crippen molar-refractivity contribution in [3.8, 4) is 0 Å². The first kappa shape index (κ1) is 6.97. The van der Waals surface area contributed by atoms with Crippen LogP contribution >= 0.6 is 0 Å². The molecule has 4 nitrogen and oxygen atoms in total. The Morgan fingerprint density at radius 2 is 2.25 bits per heavy atom. The van der Waals surface area contributed by atoms with Crippen molar-refractivity contribution in [2.75, 3.05) is 0 Å². The van der Waals surface area contributed by atoms with E-state index in [1.165, 1.54) is 0 Å². The molecule has 0 atom stereocenters. The van der Waals surface area contributed by atoms with Gasteiger partial charge < -0.3 is 0 Å². The molecule has 2 aromatic rings. The zero-order valence-corrected chi connectivity index (χ0v) is 6.53. The van der Waals surface area contributed by atoms with E-state index in [9.17, 15) is 4.79 Å². The molecule has 0 aliphatic heterocycles. The molecular formula is C8H7N3O. The molecule has 4 heteroatoms. The van der Waals surface area contributed by atoms with Crippen molar-refractivity contribution in [3.05, 3.63) is 34.5 Å². The summed E-state index contributed by atoms with van der Waals surface area (Å²) >= 11 is 0. The smallest absolute Gasteiger partial charge is 0.267 e. The summed E-state index contributed by atoms with van der Waals surface area (Å²) in [5, 5.41) is 7.51. The molecule has 0 unspecified atom stereocenters. The molecule has 12 heavy (non-hydrogen) atoms. The highest BCUT2D eigenvalue weighted by molar-refractivity contribution is 5.82. The molecule has 2 rings (SSSR count). The van der Waals surface area contributed by atoms with E-state index in [0.717, 1.165) is 11.1 Å². The maximum Gasteiger partial charge on any atom is 0.272 e. The van der Waals surface area contributed by atoms with E-state index < -0.39 is 0 Å². The van der Waals surface area contributed by atoms with Crippen molar-refractivity contribution in [1.82, 2.24) is 15.2 Å². The van der Waals surface area contributed by atoms with Gasteiger partial charge in [0.2, 0.25) is 0 Å². The van der Waals surface area contributed by atoms with Crippen LogP contribution in [0.25, 0.3) is 10.8 Å². The summed E-state index contributed by atoms with van der Waals surface area (Å²) in [6.07, 6.45) is 3.23. The molecule has 0 bridgehead atoms. The molecule has 0 fully saturated rings. The number of hydrogen-bond acceptors (Lipinski definition) is 3. The number of pyridine rings is 1. The Labute approximate surface area is 68.3 Å². The molecular weight excluding hydrogens is 154 g/mol. The second kappa shape index (κ2) is 2.41. The lowest BCUT2D eigenvalue weighted by molar-refractivity contribution is 1.01. The zero-order valence-electron chi connectivity index (χ0n) is 6.53. The molecule has 0 radical (unpaired) electrons.